The average molecular weight is 297 g/mol. The molecular weight excluding hydrogens is 290 g/mol. The summed E-state index contributed by atoms with van der Waals surface area (Å²) in [6.07, 6.45) is 1.45. The lowest BCUT2D eigenvalue weighted by Gasteiger charge is -1.90. The van der Waals surface area contributed by atoms with Crippen LogP contribution in [0.25, 0.3) is 21.9 Å². The van der Waals surface area contributed by atoms with E-state index in [1.807, 2.05) is 30.3 Å². The number of nitriles is 1. The zero-order valence-electron chi connectivity index (χ0n) is 10.5. The fourth-order valence-electron chi connectivity index (χ4n) is 1.79. The quantitative estimate of drug-likeness (QED) is 0.415. The fraction of sp³-hybridized carbons (Fsp3) is 0. The molecule has 3 aromatic rings. The molecule has 0 saturated heterocycles. The van der Waals surface area contributed by atoms with Gasteiger partial charge in [-0.25, -0.2) is 4.98 Å². The highest BCUT2D eigenvalue weighted by Crippen LogP contribution is 2.28. The largest absolute Gasteiger partial charge is 0.433 e. The number of para-hydroxylation sites is 1. The summed E-state index contributed by atoms with van der Waals surface area (Å²) >= 11 is 1.38. The molecule has 1 aromatic carbocycles. The van der Waals surface area contributed by atoms with Crippen molar-refractivity contribution in [3.05, 3.63) is 57.3 Å². The number of aromatic nitrogens is 1. The highest BCUT2D eigenvalue weighted by atomic mass is 32.1. The molecule has 21 heavy (non-hydrogen) atoms. The molecule has 0 bridgehead atoms. The van der Waals surface area contributed by atoms with Crippen LogP contribution < -0.4 is 0 Å². The fourth-order valence-corrected chi connectivity index (χ4v) is 2.72. The van der Waals surface area contributed by atoms with Gasteiger partial charge in [-0.1, -0.05) is 12.1 Å². The van der Waals surface area contributed by atoms with E-state index in [9.17, 15) is 15.4 Å². The van der Waals surface area contributed by atoms with Crippen LogP contribution >= 0.6 is 11.3 Å². The minimum absolute atomic E-state index is 0.248. The van der Waals surface area contributed by atoms with E-state index in [1.165, 1.54) is 29.5 Å². The molecule has 0 N–H and O–H groups in total. The van der Waals surface area contributed by atoms with Crippen molar-refractivity contribution in [2.24, 2.45) is 0 Å². The Balaban J connectivity index is 2.02. The summed E-state index contributed by atoms with van der Waals surface area (Å²) in [4.78, 5) is 14.3. The Hall–Kier alpha value is -2.98. The van der Waals surface area contributed by atoms with Crippen LogP contribution in [0.2, 0.25) is 0 Å². The van der Waals surface area contributed by atoms with E-state index in [4.69, 9.17) is 4.42 Å². The number of nitrogens with zero attached hydrogens (tertiary/aromatic N) is 3. The van der Waals surface area contributed by atoms with Crippen molar-refractivity contribution >= 4 is 39.1 Å². The minimum Gasteiger partial charge on any atom is -0.401 e. The number of hydrogen-bond acceptors (Lipinski definition) is 6. The molecule has 0 spiro atoms. The van der Waals surface area contributed by atoms with Crippen LogP contribution in [0.5, 0.6) is 0 Å². The zero-order chi connectivity index (χ0) is 14.8. The molecule has 0 aliphatic rings. The van der Waals surface area contributed by atoms with Gasteiger partial charge in [0, 0.05) is 6.08 Å². The molecule has 0 amide bonds. The van der Waals surface area contributed by atoms with Gasteiger partial charge < -0.3 is 4.42 Å². The molecule has 3 rings (SSSR count). The maximum absolute atomic E-state index is 10.6. The molecule has 0 unspecified atom stereocenters. The first-order valence-electron chi connectivity index (χ1n) is 5.89. The van der Waals surface area contributed by atoms with Gasteiger partial charge in [0.05, 0.1) is 21.9 Å². The lowest BCUT2D eigenvalue weighted by atomic mass is 10.2. The number of thiazole rings is 1. The van der Waals surface area contributed by atoms with Crippen LogP contribution in [0.15, 0.2) is 40.8 Å². The second-order valence-corrected chi connectivity index (χ2v) is 5.12. The molecule has 0 radical (unpaired) electrons. The predicted octanol–water partition coefficient (Wildman–Crippen LogP) is 3.86. The molecule has 2 heterocycles. The predicted molar refractivity (Wildman–Crippen MR) is 78.5 cm³/mol. The van der Waals surface area contributed by atoms with Crippen molar-refractivity contribution < 1.29 is 9.34 Å². The molecule has 2 aromatic heterocycles. The first-order valence-corrected chi connectivity index (χ1v) is 6.71. The van der Waals surface area contributed by atoms with E-state index >= 15 is 0 Å². The van der Waals surface area contributed by atoms with Crippen molar-refractivity contribution in [3.63, 3.8) is 0 Å². The second kappa shape index (κ2) is 5.19. The number of nitro groups is 1. The third kappa shape index (κ3) is 2.52. The molecular formula is C14H7N3O3S. The Morgan fingerprint density at radius 1 is 1.38 bits per heavy atom. The molecule has 0 atom stereocenters. The van der Waals surface area contributed by atoms with E-state index in [0.717, 1.165) is 10.2 Å². The second-order valence-electron chi connectivity index (χ2n) is 4.09. The van der Waals surface area contributed by atoms with Crippen molar-refractivity contribution in [2.45, 2.75) is 0 Å². The first kappa shape index (κ1) is 13.0. The number of hydrogen-bond donors (Lipinski definition) is 0. The Kier molecular flexibility index (Phi) is 3.22. The van der Waals surface area contributed by atoms with Gasteiger partial charge in [-0.15, -0.1) is 11.3 Å². The monoisotopic (exact) mass is 297 g/mol. The highest BCUT2D eigenvalue weighted by Gasteiger charge is 2.13. The third-order valence-corrected chi connectivity index (χ3v) is 3.79. The third-order valence-electron chi connectivity index (χ3n) is 2.72. The maximum Gasteiger partial charge on any atom is 0.433 e. The SMILES string of the molecule is N#C/C(=C\c1ccc([N+](=O)[O-])o1)c1nc2ccccc2s1. The van der Waals surface area contributed by atoms with Gasteiger partial charge >= 0.3 is 5.88 Å². The van der Waals surface area contributed by atoms with Gasteiger partial charge in [0.1, 0.15) is 21.8 Å². The summed E-state index contributed by atoms with van der Waals surface area (Å²) in [5, 5.41) is 20.4. The van der Waals surface area contributed by atoms with Gasteiger partial charge in [0.25, 0.3) is 0 Å². The topological polar surface area (TPSA) is 93.0 Å². The molecule has 0 aliphatic heterocycles. The maximum atomic E-state index is 10.6. The summed E-state index contributed by atoms with van der Waals surface area (Å²) in [6, 6.07) is 12.3. The molecule has 0 saturated carbocycles. The standard InChI is InChI=1S/C14H7N3O3S/c15-8-9(7-10-5-6-13(20-10)17(18)19)14-16-11-3-1-2-4-12(11)21-14/h1-7H/b9-7+. The van der Waals surface area contributed by atoms with E-state index in [2.05, 4.69) is 4.98 Å². The lowest BCUT2D eigenvalue weighted by molar-refractivity contribution is -0.402. The Morgan fingerprint density at radius 2 is 2.19 bits per heavy atom. The number of fused-ring (bicyclic) bond motifs is 1. The smallest absolute Gasteiger partial charge is 0.401 e. The van der Waals surface area contributed by atoms with E-state index in [0.29, 0.717) is 10.6 Å². The normalized spacial score (nSPS) is 11.5. The summed E-state index contributed by atoms with van der Waals surface area (Å²) in [6.45, 7) is 0. The van der Waals surface area contributed by atoms with Crippen molar-refractivity contribution in [1.29, 1.82) is 5.26 Å². The van der Waals surface area contributed by atoms with Gasteiger partial charge in [0.2, 0.25) is 0 Å². The van der Waals surface area contributed by atoms with Gasteiger partial charge in [-0.3, -0.25) is 10.1 Å². The van der Waals surface area contributed by atoms with Gasteiger partial charge in [-0.05, 0) is 18.2 Å². The van der Waals surface area contributed by atoms with Crippen molar-refractivity contribution in [1.82, 2.24) is 4.98 Å². The summed E-state index contributed by atoms with van der Waals surface area (Å²) in [5.74, 6) is -0.111. The van der Waals surface area contributed by atoms with Crippen LogP contribution in [0.1, 0.15) is 10.8 Å². The molecule has 0 fully saturated rings. The Morgan fingerprint density at radius 3 is 2.86 bits per heavy atom. The van der Waals surface area contributed by atoms with Crippen LogP contribution in [0, 0.1) is 21.4 Å². The molecule has 102 valence electrons. The molecule has 0 aliphatic carbocycles. The number of rotatable bonds is 3. The highest BCUT2D eigenvalue weighted by molar-refractivity contribution is 7.19. The number of allylic oxidation sites excluding steroid dienone is 1. The Labute approximate surface area is 122 Å². The van der Waals surface area contributed by atoms with Crippen LogP contribution in [0.4, 0.5) is 5.88 Å². The van der Waals surface area contributed by atoms with Crippen molar-refractivity contribution in [3.8, 4) is 6.07 Å². The van der Waals surface area contributed by atoms with Gasteiger partial charge in [-0.2, -0.15) is 5.26 Å². The minimum atomic E-state index is -0.624. The van der Waals surface area contributed by atoms with Gasteiger partial charge in [0.15, 0.2) is 0 Å². The summed E-state index contributed by atoms with van der Waals surface area (Å²) < 4.78 is 5.99. The molecule has 6 nitrogen and oxygen atoms in total. The lowest BCUT2D eigenvalue weighted by Crippen LogP contribution is -1.82. The van der Waals surface area contributed by atoms with E-state index < -0.39 is 4.92 Å². The first-order chi connectivity index (χ1) is 10.2. The van der Waals surface area contributed by atoms with E-state index in [-0.39, 0.29) is 11.6 Å². The van der Waals surface area contributed by atoms with Crippen LogP contribution in [-0.2, 0) is 0 Å². The van der Waals surface area contributed by atoms with E-state index in [1.54, 1.807) is 0 Å². The van der Waals surface area contributed by atoms with Crippen LogP contribution in [-0.4, -0.2) is 9.91 Å². The average Bonchev–Trinajstić information content (AvgIpc) is 3.11. The Bertz CT molecular complexity index is 868. The number of furan rings is 1. The molecule has 7 heteroatoms. The van der Waals surface area contributed by atoms with Crippen LogP contribution in [0.3, 0.4) is 0 Å². The van der Waals surface area contributed by atoms with Crippen molar-refractivity contribution in [2.75, 3.05) is 0 Å². The number of benzene rings is 1. The zero-order valence-corrected chi connectivity index (χ0v) is 11.3. The summed E-state index contributed by atoms with van der Waals surface area (Å²) in [7, 11) is 0. The summed E-state index contributed by atoms with van der Waals surface area (Å²) in [5.41, 5.74) is 1.12.